The molecule has 0 bridgehead atoms. The van der Waals surface area contributed by atoms with Gasteiger partial charge < -0.3 is 15.2 Å². The molecule has 4 aromatic rings. The van der Waals surface area contributed by atoms with Crippen molar-refractivity contribution in [1.29, 1.82) is 0 Å². The monoisotopic (exact) mass is 438 g/mol. The number of ether oxygens (including phenoxy) is 1. The fraction of sp³-hybridized carbons (Fsp3) is 0.150. The van der Waals surface area contributed by atoms with Gasteiger partial charge >= 0.3 is 0 Å². The van der Waals surface area contributed by atoms with Crippen LogP contribution < -0.4 is 10.1 Å². The van der Waals surface area contributed by atoms with E-state index in [-0.39, 0.29) is 10.8 Å². The number of benzene rings is 2. The Bertz CT molecular complexity index is 1280. The number of hydrogen-bond donors (Lipinski definition) is 2. The largest absolute Gasteiger partial charge is 0.761 e. The Kier molecular flexibility index (Phi) is 5.82. The van der Waals surface area contributed by atoms with Crippen molar-refractivity contribution in [3.63, 3.8) is 0 Å². The van der Waals surface area contributed by atoms with Crippen LogP contribution in [0.3, 0.4) is 0 Å². The zero-order chi connectivity index (χ0) is 22.0. The van der Waals surface area contributed by atoms with Gasteiger partial charge in [-0.05, 0) is 37.3 Å². The van der Waals surface area contributed by atoms with Crippen LogP contribution in [0.4, 0.5) is 5.13 Å². The fourth-order valence-electron chi connectivity index (χ4n) is 2.95. The van der Waals surface area contributed by atoms with Crippen LogP contribution in [0.5, 0.6) is 5.75 Å². The van der Waals surface area contributed by atoms with Crippen molar-refractivity contribution in [2.24, 2.45) is 0 Å². The van der Waals surface area contributed by atoms with Gasteiger partial charge in [0.15, 0.2) is 5.13 Å². The Hall–Kier alpha value is -3.51. The van der Waals surface area contributed by atoms with E-state index in [2.05, 4.69) is 20.3 Å². The second kappa shape index (κ2) is 8.70. The normalized spacial score (nSPS) is 12.3. The van der Waals surface area contributed by atoms with Crippen molar-refractivity contribution >= 4 is 49.4 Å². The number of para-hydroxylation sites is 2. The number of fused-ring (bicyclic) bond motifs is 2. The number of thiazole rings is 1. The summed E-state index contributed by atoms with van der Waals surface area (Å²) in [5, 5.41) is 23.1. The van der Waals surface area contributed by atoms with E-state index in [1.165, 1.54) is 6.20 Å². The lowest BCUT2D eigenvalue weighted by molar-refractivity contribution is -0.148. The van der Waals surface area contributed by atoms with Gasteiger partial charge in [-0.25, -0.2) is 15.2 Å². The van der Waals surface area contributed by atoms with Crippen LogP contribution >= 0.6 is 11.3 Å². The minimum absolute atomic E-state index is 0.151. The summed E-state index contributed by atoms with van der Waals surface area (Å²) in [5.74, 6) is -1.65. The van der Waals surface area contributed by atoms with Crippen molar-refractivity contribution in [2.75, 3.05) is 11.9 Å². The number of carbonyl (C=O) groups is 2. The van der Waals surface area contributed by atoms with Crippen LogP contribution in [0.15, 0.2) is 48.7 Å². The third kappa shape index (κ3) is 4.34. The summed E-state index contributed by atoms with van der Waals surface area (Å²) in [6.07, 6.45) is 1.17. The van der Waals surface area contributed by atoms with Crippen molar-refractivity contribution in [1.82, 2.24) is 20.2 Å². The molecule has 31 heavy (non-hydrogen) atoms. The number of aromatic nitrogens is 3. The second-order valence-corrected chi connectivity index (χ2v) is 7.42. The number of carbonyl (C=O) groups excluding carboxylic acids is 2. The summed E-state index contributed by atoms with van der Waals surface area (Å²) in [4.78, 5) is 37.7. The number of nitrogens with one attached hydrogen (secondary N) is 1. The maximum absolute atomic E-state index is 12.7. The molecule has 0 aliphatic heterocycles. The van der Waals surface area contributed by atoms with Gasteiger partial charge in [0.1, 0.15) is 11.8 Å². The number of ketones is 1. The summed E-state index contributed by atoms with van der Waals surface area (Å²) in [6, 6.07) is 10.2. The minimum Gasteiger partial charge on any atom is -0.761 e. The smallest absolute Gasteiger partial charge is 0.295 e. The lowest BCUT2D eigenvalue weighted by Gasteiger charge is -2.28. The molecule has 0 saturated heterocycles. The van der Waals surface area contributed by atoms with Crippen LogP contribution in [-0.4, -0.2) is 43.7 Å². The standard InChI is InChI=1S/C20H16N5O5S/c1-2-30-11-7-8-14-16(9-11)31-20(23-14)24-19(27)18(26)17(25(28)29)15-10-21-12-5-3-4-6-13(12)22-15/h3-10,17,28H,2H2,1H3,(H,23,24,27)/q-1. The van der Waals surface area contributed by atoms with Crippen molar-refractivity contribution in [3.05, 3.63) is 59.6 Å². The van der Waals surface area contributed by atoms with Gasteiger partial charge in [-0.15, -0.1) is 0 Å². The van der Waals surface area contributed by atoms with Crippen molar-refractivity contribution in [3.8, 4) is 5.75 Å². The van der Waals surface area contributed by atoms with Crippen LogP contribution in [-0.2, 0) is 9.59 Å². The lowest BCUT2D eigenvalue weighted by atomic mass is 10.1. The molecular formula is C20H16N5O5S-. The first kappa shape index (κ1) is 20.8. The average molecular weight is 438 g/mol. The zero-order valence-electron chi connectivity index (χ0n) is 16.2. The highest BCUT2D eigenvalue weighted by Crippen LogP contribution is 2.29. The first-order chi connectivity index (χ1) is 15.0. The number of rotatable bonds is 7. The average Bonchev–Trinajstić information content (AvgIpc) is 3.15. The molecule has 1 atom stereocenters. The molecule has 2 aromatic carbocycles. The van der Waals surface area contributed by atoms with Gasteiger partial charge in [0.05, 0.1) is 39.7 Å². The highest BCUT2D eigenvalue weighted by atomic mass is 32.1. The molecule has 0 aliphatic carbocycles. The quantitative estimate of drug-likeness (QED) is 0.329. The number of amides is 1. The maximum Gasteiger partial charge on any atom is 0.295 e. The van der Waals surface area contributed by atoms with E-state index in [4.69, 9.17) is 4.74 Å². The molecule has 10 nitrogen and oxygen atoms in total. The Labute approximate surface area is 179 Å². The van der Waals surface area contributed by atoms with Crippen LogP contribution in [0.25, 0.3) is 21.3 Å². The Balaban J connectivity index is 1.57. The van der Waals surface area contributed by atoms with E-state index in [0.29, 0.717) is 28.9 Å². The molecule has 4 rings (SSSR count). The summed E-state index contributed by atoms with van der Waals surface area (Å²) in [5.41, 5.74) is 1.41. The van der Waals surface area contributed by atoms with Crippen molar-refractivity contribution in [2.45, 2.75) is 13.0 Å². The number of hydroxylamine groups is 2. The van der Waals surface area contributed by atoms with Gasteiger partial charge in [0.2, 0.25) is 5.78 Å². The number of Topliss-reactive ketones (excluding diaryl/α,β-unsaturated/α-hetero) is 1. The maximum atomic E-state index is 12.7. The van der Waals surface area contributed by atoms with Crippen LogP contribution in [0, 0.1) is 5.21 Å². The molecule has 1 amide bonds. The molecule has 0 spiro atoms. The second-order valence-electron chi connectivity index (χ2n) is 6.39. The predicted molar refractivity (Wildman–Crippen MR) is 114 cm³/mol. The van der Waals surface area contributed by atoms with Crippen LogP contribution in [0.1, 0.15) is 18.7 Å². The summed E-state index contributed by atoms with van der Waals surface area (Å²) >= 11 is 1.14. The van der Waals surface area contributed by atoms with E-state index in [0.717, 1.165) is 16.0 Å². The Morgan fingerprint density at radius 3 is 2.71 bits per heavy atom. The molecule has 11 heteroatoms. The highest BCUT2D eigenvalue weighted by Gasteiger charge is 2.30. The summed E-state index contributed by atoms with van der Waals surface area (Å²) < 4.78 is 6.18. The van der Waals surface area contributed by atoms with Gasteiger partial charge in [-0.3, -0.25) is 19.9 Å². The van der Waals surface area contributed by atoms with E-state index in [1.54, 1.807) is 42.5 Å². The molecule has 2 aromatic heterocycles. The van der Waals surface area contributed by atoms with Crippen molar-refractivity contribution < 1.29 is 19.5 Å². The van der Waals surface area contributed by atoms with E-state index in [1.807, 2.05) is 6.92 Å². The molecule has 0 saturated carbocycles. The molecular weight excluding hydrogens is 422 g/mol. The van der Waals surface area contributed by atoms with Gasteiger partial charge in [-0.2, -0.15) is 0 Å². The number of hydrogen-bond acceptors (Lipinski definition) is 10. The van der Waals surface area contributed by atoms with Gasteiger partial charge in [0.25, 0.3) is 5.91 Å². The third-order valence-electron chi connectivity index (χ3n) is 4.33. The summed E-state index contributed by atoms with van der Waals surface area (Å²) in [7, 11) is 0. The predicted octanol–water partition coefficient (Wildman–Crippen LogP) is 3.08. The Morgan fingerprint density at radius 1 is 1.19 bits per heavy atom. The first-order valence-electron chi connectivity index (χ1n) is 9.21. The Morgan fingerprint density at radius 2 is 1.97 bits per heavy atom. The van der Waals surface area contributed by atoms with Gasteiger partial charge in [-0.1, -0.05) is 23.5 Å². The van der Waals surface area contributed by atoms with Crippen LogP contribution in [0.2, 0.25) is 0 Å². The summed E-state index contributed by atoms with van der Waals surface area (Å²) in [6.45, 7) is 2.37. The molecule has 0 fully saturated rings. The topological polar surface area (TPSA) is 141 Å². The van der Waals surface area contributed by atoms with E-state index >= 15 is 0 Å². The van der Waals surface area contributed by atoms with E-state index < -0.39 is 23.0 Å². The van der Waals surface area contributed by atoms with Gasteiger partial charge in [0, 0.05) is 0 Å². The van der Waals surface area contributed by atoms with E-state index in [9.17, 15) is 20.0 Å². The fourth-order valence-corrected chi connectivity index (χ4v) is 3.84. The molecule has 0 aliphatic rings. The first-order valence-corrected chi connectivity index (χ1v) is 10.0. The lowest BCUT2D eigenvalue weighted by Crippen LogP contribution is -2.36. The zero-order valence-corrected chi connectivity index (χ0v) is 17.0. The molecule has 0 radical (unpaired) electrons. The number of nitrogens with zero attached hydrogens (tertiary/aromatic N) is 4. The SMILES string of the molecule is CCOc1ccc2nc(NC(=O)C(=O)C(c3cnc4ccccc4n3)N([O-])O)sc2c1. The molecule has 158 valence electrons. The highest BCUT2D eigenvalue weighted by molar-refractivity contribution is 7.22. The molecule has 2 N–H and O–H groups in total. The molecule has 1 unspecified atom stereocenters. The number of anilines is 1. The third-order valence-corrected chi connectivity index (χ3v) is 5.27. The molecule has 2 heterocycles. The minimum atomic E-state index is -1.86.